The second-order valence-corrected chi connectivity index (χ2v) is 3.93. The normalized spacial score (nSPS) is 14.9. The second kappa shape index (κ2) is 4.29. The van der Waals surface area contributed by atoms with Crippen molar-refractivity contribution in [3.63, 3.8) is 0 Å². The van der Waals surface area contributed by atoms with E-state index in [1.807, 2.05) is 0 Å². The third kappa shape index (κ3) is 2.83. The molecule has 0 bridgehead atoms. The molecular formula is C7H5F9S. The zero-order valence-electron chi connectivity index (χ0n) is 8.02. The number of thiocarbonyl (C=S) groups is 1. The molecule has 0 fully saturated rings. The lowest BCUT2D eigenvalue weighted by Crippen LogP contribution is -2.61. The standard InChI is InChI=1S/C7H5F9S/c1-3(17)2-4(8,9)5(10,11)6(12,13)7(14,15)16/h2H2,1H3. The molecule has 0 rings (SSSR count). The fraction of sp³-hybridized carbons (Fsp3) is 0.857. The fourth-order valence-corrected chi connectivity index (χ4v) is 1.01. The van der Waals surface area contributed by atoms with E-state index in [4.69, 9.17) is 0 Å². The zero-order chi connectivity index (χ0) is 14.3. The van der Waals surface area contributed by atoms with E-state index in [9.17, 15) is 39.5 Å². The quantitative estimate of drug-likeness (QED) is 0.552. The van der Waals surface area contributed by atoms with E-state index >= 15 is 0 Å². The first-order valence-electron chi connectivity index (χ1n) is 3.86. The monoisotopic (exact) mass is 292 g/mol. The number of hydrogen-bond donors (Lipinski definition) is 0. The van der Waals surface area contributed by atoms with Crippen LogP contribution in [0.1, 0.15) is 13.3 Å². The van der Waals surface area contributed by atoms with E-state index in [0.29, 0.717) is 0 Å². The van der Waals surface area contributed by atoms with Crippen molar-refractivity contribution in [2.75, 3.05) is 0 Å². The van der Waals surface area contributed by atoms with E-state index in [2.05, 4.69) is 12.2 Å². The molecule has 17 heavy (non-hydrogen) atoms. The van der Waals surface area contributed by atoms with Crippen LogP contribution in [0, 0.1) is 0 Å². The molecule has 0 saturated carbocycles. The van der Waals surface area contributed by atoms with Gasteiger partial charge in [0.1, 0.15) is 0 Å². The molecule has 0 nitrogen and oxygen atoms in total. The first-order valence-corrected chi connectivity index (χ1v) is 4.27. The zero-order valence-corrected chi connectivity index (χ0v) is 8.83. The molecule has 0 unspecified atom stereocenters. The van der Waals surface area contributed by atoms with Crippen molar-refractivity contribution in [3.05, 3.63) is 0 Å². The topological polar surface area (TPSA) is 0 Å². The van der Waals surface area contributed by atoms with Gasteiger partial charge in [-0.1, -0.05) is 12.2 Å². The number of rotatable bonds is 4. The molecule has 0 spiro atoms. The van der Waals surface area contributed by atoms with Crippen LogP contribution in [0.3, 0.4) is 0 Å². The minimum Gasteiger partial charge on any atom is -0.199 e. The SMILES string of the molecule is CC(=S)CC(F)(F)C(F)(F)C(F)(F)C(F)(F)F. The highest BCUT2D eigenvalue weighted by Gasteiger charge is 2.81. The Balaban J connectivity index is 5.47. The molecule has 0 atom stereocenters. The van der Waals surface area contributed by atoms with Crippen molar-refractivity contribution < 1.29 is 39.5 Å². The summed E-state index contributed by atoms with van der Waals surface area (Å²) in [7, 11) is 0. The third-order valence-corrected chi connectivity index (χ3v) is 1.83. The van der Waals surface area contributed by atoms with Crippen LogP contribution in [-0.4, -0.2) is 28.8 Å². The lowest BCUT2D eigenvalue weighted by Gasteiger charge is -2.33. The van der Waals surface area contributed by atoms with Crippen LogP contribution in [-0.2, 0) is 0 Å². The molecule has 0 aliphatic carbocycles. The summed E-state index contributed by atoms with van der Waals surface area (Å²) in [6, 6.07) is 0. The lowest BCUT2D eigenvalue weighted by molar-refractivity contribution is -0.394. The Hall–Kier alpha value is -0.540. The minimum atomic E-state index is -6.84. The molecule has 10 heteroatoms. The van der Waals surface area contributed by atoms with Crippen molar-refractivity contribution in [1.82, 2.24) is 0 Å². The van der Waals surface area contributed by atoms with Gasteiger partial charge in [-0.15, -0.1) is 0 Å². The van der Waals surface area contributed by atoms with Gasteiger partial charge in [0.05, 0.1) is 0 Å². The molecule has 0 aliphatic rings. The average molecular weight is 292 g/mol. The molecule has 0 radical (unpaired) electrons. The molecule has 0 heterocycles. The van der Waals surface area contributed by atoms with Gasteiger partial charge in [-0.2, -0.15) is 39.5 Å². The first kappa shape index (κ1) is 16.5. The Morgan fingerprint density at radius 1 is 0.824 bits per heavy atom. The molecule has 0 saturated heterocycles. The minimum absolute atomic E-state index is 0.727. The highest BCUT2D eigenvalue weighted by atomic mass is 32.1. The van der Waals surface area contributed by atoms with Gasteiger partial charge in [0.15, 0.2) is 0 Å². The Morgan fingerprint density at radius 3 is 1.41 bits per heavy atom. The smallest absolute Gasteiger partial charge is 0.199 e. The fourth-order valence-electron chi connectivity index (χ4n) is 0.831. The molecular weight excluding hydrogens is 287 g/mol. The maximum atomic E-state index is 12.7. The van der Waals surface area contributed by atoms with Gasteiger partial charge in [0.2, 0.25) is 0 Å². The van der Waals surface area contributed by atoms with Gasteiger partial charge < -0.3 is 0 Å². The number of alkyl halides is 9. The Labute approximate surface area is 94.8 Å². The predicted octanol–water partition coefficient (Wildman–Crippen LogP) is 4.23. The lowest BCUT2D eigenvalue weighted by atomic mass is 10.00. The van der Waals surface area contributed by atoms with Gasteiger partial charge in [0, 0.05) is 6.42 Å². The summed E-state index contributed by atoms with van der Waals surface area (Å²) in [6.45, 7) is 0.727. The molecule has 0 N–H and O–H groups in total. The average Bonchev–Trinajstić information content (AvgIpc) is 1.98. The van der Waals surface area contributed by atoms with E-state index < -0.39 is 35.2 Å². The maximum Gasteiger partial charge on any atom is 0.460 e. The molecule has 0 aromatic heterocycles. The second-order valence-electron chi connectivity index (χ2n) is 3.23. The Kier molecular flexibility index (Phi) is 4.15. The van der Waals surface area contributed by atoms with Gasteiger partial charge in [-0.05, 0) is 11.8 Å². The van der Waals surface area contributed by atoms with Crippen LogP contribution in [0.4, 0.5) is 39.5 Å². The third-order valence-electron chi connectivity index (χ3n) is 1.68. The van der Waals surface area contributed by atoms with Crippen molar-refractivity contribution in [1.29, 1.82) is 0 Å². The van der Waals surface area contributed by atoms with Gasteiger partial charge in [-0.25, -0.2) is 0 Å². The largest absolute Gasteiger partial charge is 0.460 e. The number of hydrogen-bond acceptors (Lipinski definition) is 1. The van der Waals surface area contributed by atoms with E-state index in [1.54, 1.807) is 0 Å². The maximum absolute atomic E-state index is 12.7. The van der Waals surface area contributed by atoms with Gasteiger partial charge in [-0.3, -0.25) is 0 Å². The van der Waals surface area contributed by atoms with Crippen LogP contribution in [0.5, 0.6) is 0 Å². The van der Waals surface area contributed by atoms with Gasteiger partial charge in [0.25, 0.3) is 0 Å². The van der Waals surface area contributed by atoms with Crippen molar-refractivity contribution >= 4 is 17.1 Å². The summed E-state index contributed by atoms with van der Waals surface area (Å²) in [5, 5.41) is 0. The first-order chi connectivity index (χ1) is 7.17. The Bertz CT molecular complexity index is 303. The van der Waals surface area contributed by atoms with Crippen LogP contribution in [0.2, 0.25) is 0 Å². The molecule has 0 aromatic carbocycles. The summed E-state index contributed by atoms with van der Waals surface area (Å²) in [4.78, 5) is -0.812. The van der Waals surface area contributed by atoms with Crippen LogP contribution >= 0.6 is 12.2 Å². The molecule has 102 valence electrons. The van der Waals surface area contributed by atoms with Crippen molar-refractivity contribution in [2.45, 2.75) is 37.3 Å². The molecule has 0 aromatic rings. The van der Waals surface area contributed by atoms with E-state index in [-0.39, 0.29) is 0 Å². The van der Waals surface area contributed by atoms with E-state index in [0.717, 1.165) is 6.92 Å². The highest BCUT2D eigenvalue weighted by Crippen LogP contribution is 2.54. The predicted molar refractivity (Wildman–Crippen MR) is 43.8 cm³/mol. The van der Waals surface area contributed by atoms with Crippen LogP contribution in [0.15, 0.2) is 0 Å². The summed E-state index contributed by atoms with van der Waals surface area (Å²) in [6.07, 6.45) is -8.82. The summed E-state index contributed by atoms with van der Waals surface area (Å²) >= 11 is 3.99. The van der Waals surface area contributed by atoms with Crippen molar-refractivity contribution in [2.24, 2.45) is 0 Å². The summed E-state index contributed by atoms with van der Waals surface area (Å²) in [5.74, 6) is -19.0. The van der Waals surface area contributed by atoms with Gasteiger partial charge >= 0.3 is 23.9 Å². The molecule has 0 aliphatic heterocycles. The summed E-state index contributed by atoms with van der Waals surface area (Å²) in [5.41, 5.74) is 0. The van der Waals surface area contributed by atoms with E-state index in [1.165, 1.54) is 0 Å². The molecule has 0 amide bonds. The highest BCUT2D eigenvalue weighted by molar-refractivity contribution is 7.80. The van der Waals surface area contributed by atoms with Crippen LogP contribution in [0.25, 0.3) is 0 Å². The Morgan fingerprint density at radius 2 is 1.18 bits per heavy atom. The van der Waals surface area contributed by atoms with Crippen molar-refractivity contribution in [3.8, 4) is 0 Å². The summed E-state index contributed by atoms with van der Waals surface area (Å²) < 4.78 is 110. The van der Waals surface area contributed by atoms with Crippen LogP contribution < -0.4 is 0 Å². The number of halogens is 9.